The monoisotopic (exact) mass is 395 g/mol. The van der Waals surface area contributed by atoms with Crippen LogP contribution in [0.25, 0.3) is 0 Å². The second-order valence-electron chi connectivity index (χ2n) is 7.25. The molecular formula is C20H30ClN3O3. The molecule has 0 saturated heterocycles. The highest BCUT2D eigenvalue weighted by Gasteiger charge is 2.42. The summed E-state index contributed by atoms with van der Waals surface area (Å²) in [5.41, 5.74) is -0.519. The molecule has 1 fully saturated rings. The highest BCUT2D eigenvalue weighted by Crippen LogP contribution is 2.31. The van der Waals surface area contributed by atoms with Gasteiger partial charge in [0.2, 0.25) is 11.8 Å². The lowest BCUT2D eigenvalue weighted by atomic mass is 9.80. The van der Waals surface area contributed by atoms with E-state index in [1.165, 1.54) is 6.20 Å². The number of pyridine rings is 1. The van der Waals surface area contributed by atoms with Crippen LogP contribution in [-0.4, -0.2) is 46.4 Å². The molecule has 27 heavy (non-hydrogen) atoms. The van der Waals surface area contributed by atoms with Crippen molar-refractivity contribution in [2.75, 3.05) is 13.1 Å². The van der Waals surface area contributed by atoms with Gasteiger partial charge in [-0.2, -0.15) is 0 Å². The number of aromatic nitrogens is 1. The molecule has 0 aliphatic heterocycles. The average molecular weight is 396 g/mol. The third-order valence-corrected chi connectivity index (χ3v) is 5.21. The van der Waals surface area contributed by atoms with Crippen LogP contribution in [0.4, 0.5) is 0 Å². The Morgan fingerprint density at radius 3 is 2.41 bits per heavy atom. The molecule has 0 unspecified atom stereocenters. The van der Waals surface area contributed by atoms with Crippen molar-refractivity contribution in [2.45, 2.75) is 71.4 Å². The third kappa shape index (κ3) is 5.12. The molecule has 0 radical (unpaired) electrons. The fourth-order valence-corrected chi connectivity index (χ4v) is 3.72. The van der Waals surface area contributed by atoms with Crippen LogP contribution in [0.5, 0.6) is 5.88 Å². The summed E-state index contributed by atoms with van der Waals surface area (Å²) in [5, 5.41) is 3.30. The lowest BCUT2D eigenvalue weighted by Gasteiger charge is -2.40. The Hall–Kier alpha value is -1.82. The largest absolute Gasteiger partial charge is 0.474 e. The van der Waals surface area contributed by atoms with Gasteiger partial charge in [-0.15, -0.1) is 0 Å². The van der Waals surface area contributed by atoms with Crippen LogP contribution in [0.1, 0.15) is 70.2 Å². The number of likely N-dealkylation sites (N-methyl/N-ethyl adjacent to an activating group) is 1. The normalized spacial score (nSPS) is 16.1. The number of hydrogen-bond donors (Lipinski definition) is 1. The molecule has 2 amide bonds. The molecule has 150 valence electrons. The number of nitrogens with zero attached hydrogens (tertiary/aromatic N) is 2. The first kappa shape index (κ1) is 21.5. The van der Waals surface area contributed by atoms with E-state index in [4.69, 9.17) is 16.3 Å². The molecule has 0 aromatic carbocycles. The van der Waals surface area contributed by atoms with Gasteiger partial charge < -0.3 is 15.0 Å². The van der Waals surface area contributed by atoms with E-state index in [2.05, 4.69) is 10.3 Å². The van der Waals surface area contributed by atoms with Gasteiger partial charge in [0.05, 0.1) is 11.7 Å². The summed E-state index contributed by atoms with van der Waals surface area (Å²) in [7, 11) is 0. The number of carbonyl (C=O) groups is 2. The second-order valence-corrected chi connectivity index (χ2v) is 7.66. The van der Waals surface area contributed by atoms with E-state index in [9.17, 15) is 9.59 Å². The highest BCUT2D eigenvalue weighted by atomic mass is 35.5. The van der Waals surface area contributed by atoms with Gasteiger partial charge in [-0.05, 0) is 46.6 Å². The SMILES string of the molecule is CCN(CC)C(=O)C1(NC(=O)c2cnc(OC(C)C)c(Cl)c2)CCCCC1. The molecule has 0 spiro atoms. The zero-order valence-electron chi connectivity index (χ0n) is 16.7. The highest BCUT2D eigenvalue weighted by molar-refractivity contribution is 6.32. The maximum absolute atomic E-state index is 13.1. The van der Waals surface area contributed by atoms with Crippen molar-refractivity contribution in [1.82, 2.24) is 15.2 Å². The van der Waals surface area contributed by atoms with Crippen molar-refractivity contribution in [3.05, 3.63) is 22.8 Å². The van der Waals surface area contributed by atoms with Crippen molar-refractivity contribution in [3.63, 3.8) is 0 Å². The lowest BCUT2D eigenvalue weighted by Crippen LogP contribution is -2.60. The maximum atomic E-state index is 13.1. The Balaban J connectivity index is 2.23. The first-order valence-corrected chi connectivity index (χ1v) is 10.1. The molecule has 0 atom stereocenters. The molecule has 1 aromatic heterocycles. The van der Waals surface area contributed by atoms with Crippen molar-refractivity contribution in [2.24, 2.45) is 0 Å². The van der Waals surface area contributed by atoms with Crippen LogP contribution in [0, 0.1) is 0 Å². The lowest BCUT2D eigenvalue weighted by molar-refractivity contribution is -0.139. The van der Waals surface area contributed by atoms with Gasteiger partial charge in [0.25, 0.3) is 5.91 Å². The molecule has 2 rings (SSSR count). The number of rotatable bonds is 7. The van der Waals surface area contributed by atoms with Crippen LogP contribution >= 0.6 is 11.6 Å². The molecule has 1 aromatic rings. The molecule has 7 heteroatoms. The predicted octanol–water partition coefficient (Wildman–Crippen LogP) is 3.82. The number of amides is 2. The molecule has 1 aliphatic carbocycles. The Labute approximate surface area is 166 Å². The molecule has 1 aliphatic rings. The maximum Gasteiger partial charge on any atom is 0.253 e. The van der Waals surface area contributed by atoms with Gasteiger partial charge in [-0.3, -0.25) is 9.59 Å². The fraction of sp³-hybridized carbons (Fsp3) is 0.650. The van der Waals surface area contributed by atoms with Crippen molar-refractivity contribution in [1.29, 1.82) is 0 Å². The van der Waals surface area contributed by atoms with E-state index in [0.29, 0.717) is 37.4 Å². The minimum Gasteiger partial charge on any atom is -0.474 e. The smallest absolute Gasteiger partial charge is 0.253 e. The Morgan fingerprint density at radius 2 is 1.89 bits per heavy atom. The van der Waals surface area contributed by atoms with Gasteiger partial charge in [0.15, 0.2) is 0 Å². The van der Waals surface area contributed by atoms with E-state index < -0.39 is 5.54 Å². The van der Waals surface area contributed by atoms with E-state index in [1.807, 2.05) is 27.7 Å². The minimum absolute atomic E-state index is 0.000586. The zero-order chi connectivity index (χ0) is 20.0. The summed E-state index contributed by atoms with van der Waals surface area (Å²) in [5.74, 6) is -0.0305. The summed E-state index contributed by atoms with van der Waals surface area (Å²) < 4.78 is 5.51. The quantitative estimate of drug-likeness (QED) is 0.761. The predicted molar refractivity (Wildman–Crippen MR) is 106 cm³/mol. The Kier molecular flexibility index (Phi) is 7.48. The van der Waals surface area contributed by atoms with Gasteiger partial charge >= 0.3 is 0 Å². The van der Waals surface area contributed by atoms with Gasteiger partial charge in [0, 0.05) is 19.3 Å². The van der Waals surface area contributed by atoms with E-state index >= 15 is 0 Å². The number of ether oxygens (including phenoxy) is 1. The number of halogens is 1. The Morgan fingerprint density at radius 1 is 1.26 bits per heavy atom. The second kappa shape index (κ2) is 9.40. The summed E-state index contributed by atoms with van der Waals surface area (Å²) in [6.07, 6.45) is 5.62. The van der Waals surface area contributed by atoms with Gasteiger partial charge in [-0.25, -0.2) is 4.98 Å². The zero-order valence-corrected chi connectivity index (χ0v) is 17.4. The molecule has 6 nitrogen and oxygen atoms in total. The molecule has 1 N–H and O–H groups in total. The fourth-order valence-electron chi connectivity index (χ4n) is 3.51. The van der Waals surface area contributed by atoms with Crippen molar-refractivity contribution < 1.29 is 14.3 Å². The van der Waals surface area contributed by atoms with Gasteiger partial charge in [-0.1, -0.05) is 30.9 Å². The molecule has 1 heterocycles. The third-order valence-electron chi connectivity index (χ3n) is 4.94. The van der Waals surface area contributed by atoms with Crippen molar-refractivity contribution >= 4 is 23.4 Å². The first-order valence-electron chi connectivity index (χ1n) is 9.77. The summed E-state index contributed by atoms with van der Waals surface area (Å²) in [6.45, 7) is 8.92. The summed E-state index contributed by atoms with van der Waals surface area (Å²) in [4.78, 5) is 32.0. The van der Waals surface area contributed by atoms with Crippen LogP contribution in [0.3, 0.4) is 0 Å². The number of hydrogen-bond acceptors (Lipinski definition) is 4. The molecular weight excluding hydrogens is 366 g/mol. The van der Waals surface area contributed by atoms with E-state index in [0.717, 1.165) is 19.3 Å². The standard InChI is InChI=1S/C20H30ClN3O3/c1-5-24(6-2)19(26)20(10-8-7-9-11-20)23-17(25)15-12-16(21)18(22-13-15)27-14(3)4/h12-14H,5-11H2,1-4H3,(H,23,25). The van der Waals surface area contributed by atoms with Crippen molar-refractivity contribution in [3.8, 4) is 5.88 Å². The van der Waals surface area contributed by atoms with Crippen LogP contribution in [0.15, 0.2) is 12.3 Å². The summed E-state index contributed by atoms with van der Waals surface area (Å²) >= 11 is 6.21. The molecule has 0 bridgehead atoms. The minimum atomic E-state index is -0.846. The van der Waals surface area contributed by atoms with Crippen LogP contribution in [0.2, 0.25) is 5.02 Å². The number of nitrogens with one attached hydrogen (secondary N) is 1. The van der Waals surface area contributed by atoms with Crippen LogP contribution < -0.4 is 10.1 Å². The Bertz CT molecular complexity index is 668. The van der Waals surface area contributed by atoms with E-state index in [1.54, 1.807) is 11.0 Å². The van der Waals surface area contributed by atoms with E-state index in [-0.39, 0.29) is 22.9 Å². The molecule has 1 saturated carbocycles. The average Bonchev–Trinajstić information content (AvgIpc) is 2.64. The first-order chi connectivity index (χ1) is 12.8. The summed E-state index contributed by atoms with van der Waals surface area (Å²) in [6, 6.07) is 1.54. The van der Waals surface area contributed by atoms with Gasteiger partial charge in [0.1, 0.15) is 10.6 Å². The van der Waals surface area contributed by atoms with Crippen LogP contribution in [-0.2, 0) is 4.79 Å². The topological polar surface area (TPSA) is 71.5 Å². The number of carbonyl (C=O) groups excluding carboxylic acids is 2.